The minimum absolute atomic E-state index is 0.113. The van der Waals surface area contributed by atoms with E-state index in [1.165, 1.54) is 12.3 Å². The van der Waals surface area contributed by atoms with Gasteiger partial charge in [-0.25, -0.2) is 4.79 Å². The molecule has 1 aromatic heterocycles. The van der Waals surface area contributed by atoms with Crippen molar-refractivity contribution >= 4 is 11.8 Å². The second kappa shape index (κ2) is 4.87. The standard InChI is InChI=1S/C10H8O4/c1-2-13-10(12)6-5-8(11)9-4-3-7-14-9/h3-4,7H,2H2,1H3. The van der Waals surface area contributed by atoms with Gasteiger partial charge in [0.25, 0.3) is 5.78 Å². The number of carbonyl (C=O) groups is 2. The molecule has 0 amide bonds. The van der Waals surface area contributed by atoms with Gasteiger partial charge < -0.3 is 9.15 Å². The molecule has 0 radical (unpaired) electrons. The Morgan fingerprint density at radius 2 is 2.29 bits per heavy atom. The fourth-order valence-corrected chi connectivity index (χ4v) is 0.744. The van der Waals surface area contributed by atoms with Gasteiger partial charge in [-0.15, -0.1) is 0 Å². The molecule has 0 fully saturated rings. The lowest BCUT2D eigenvalue weighted by molar-refractivity contribution is -0.136. The zero-order valence-electron chi connectivity index (χ0n) is 7.57. The van der Waals surface area contributed by atoms with Crippen molar-refractivity contribution in [1.29, 1.82) is 0 Å². The normalized spacial score (nSPS) is 8.64. The number of ketones is 1. The Labute approximate surface area is 80.9 Å². The third-order valence-corrected chi connectivity index (χ3v) is 1.30. The van der Waals surface area contributed by atoms with E-state index in [0.29, 0.717) is 0 Å². The maximum atomic E-state index is 11.1. The molecule has 0 N–H and O–H groups in total. The summed E-state index contributed by atoms with van der Waals surface area (Å²) in [4.78, 5) is 21.9. The molecule has 1 rings (SSSR count). The van der Waals surface area contributed by atoms with Crippen molar-refractivity contribution in [2.45, 2.75) is 6.92 Å². The summed E-state index contributed by atoms with van der Waals surface area (Å²) in [6.07, 6.45) is 1.36. The van der Waals surface area contributed by atoms with Crippen LogP contribution in [0.1, 0.15) is 17.5 Å². The van der Waals surface area contributed by atoms with Crippen molar-refractivity contribution in [2.24, 2.45) is 0 Å². The second-order valence-corrected chi connectivity index (χ2v) is 2.28. The number of furan rings is 1. The second-order valence-electron chi connectivity index (χ2n) is 2.28. The summed E-state index contributed by atoms with van der Waals surface area (Å²) in [6, 6.07) is 3.04. The molecule has 0 spiro atoms. The molecule has 4 heteroatoms. The lowest BCUT2D eigenvalue weighted by Crippen LogP contribution is -2.01. The fourth-order valence-electron chi connectivity index (χ4n) is 0.744. The summed E-state index contributed by atoms with van der Waals surface area (Å²) >= 11 is 0. The van der Waals surface area contributed by atoms with Crippen molar-refractivity contribution in [3.05, 3.63) is 24.2 Å². The van der Waals surface area contributed by atoms with E-state index in [0.717, 1.165) is 0 Å². The van der Waals surface area contributed by atoms with Crippen molar-refractivity contribution in [2.75, 3.05) is 6.61 Å². The quantitative estimate of drug-likeness (QED) is 0.231. The Morgan fingerprint density at radius 3 is 2.86 bits per heavy atom. The average molecular weight is 192 g/mol. The zero-order valence-corrected chi connectivity index (χ0v) is 7.57. The number of Topliss-reactive ketones (excluding diaryl/α,β-unsaturated/α-hetero) is 1. The largest absolute Gasteiger partial charge is 0.460 e. The predicted molar refractivity (Wildman–Crippen MR) is 47.4 cm³/mol. The van der Waals surface area contributed by atoms with Gasteiger partial charge in [0.1, 0.15) is 0 Å². The first-order valence-electron chi connectivity index (χ1n) is 4.00. The minimum Gasteiger partial charge on any atom is -0.460 e. The van der Waals surface area contributed by atoms with Gasteiger partial charge in [0.2, 0.25) is 0 Å². The molecular weight excluding hydrogens is 184 g/mol. The number of ether oxygens (including phenoxy) is 1. The number of carbonyl (C=O) groups excluding carboxylic acids is 2. The summed E-state index contributed by atoms with van der Waals surface area (Å²) in [7, 11) is 0. The first-order valence-corrected chi connectivity index (χ1v) is 4.00. The Balaban J connectivity index is 2.61. The molecule has 0 saturated carbocycles. The summed E-state index contributed by atoms with van der Waals surface area (Å²) in [5, 5.41) is 0. The maximum absolute atomic E-state index is 11.1. The van der Waals surface area contributed by atoms with Crippen molar-refractivity contribution in [1.82, 2.24) is 0 Å². The smallest absolute Gasteiger partial charge is 0.384 e. The van der Waals surface area contributed by atoms with Crippen LogP contribution >= 0.6 is 0 Å². The van der Waals surface area contributed by atoms with E-state index < -0.39 is 11.8 Å². The molecule has 0 aliphatic heterocycles. The summed E-state index contributed by atoms with van der Waals surface area (Å²) < 4.78 is 9.30. The third kappa shape index (κ3) is 2.79. The van der Waals surface area contributed by atoms with Crippen LogP contribution in [0, 0.1) is 11.8 Å². The first kappa shape index (κ1) is 10.1. The van der Waals surface area contributed by atoms with E-state index in [4.69, 9.17) is 4.42 Å². The molecule has 0 saturated heterocycles. The average Bonchev–Trinajstić information content (AvgIpc) is 2.67. The molecular formula is C10H8O4. The van der Waals surface area contributed by atoms with Crippen molar-refractivity contribution in [3.8, 4) is 11.8 Å². The Morgan fingerprint density at radius 1 is 1.50 bits per heavy atom. The zero-order chi connectivity index (χ0) is 10.4. The first-order chi connectivity index (χ1) is 6.74. The molecule has 0 unspecified atom stereocenters. The van der Waals surface area contributed by atoms with Gasteiger partial charge in [0.15, 0.2) is 5.76 Å². The van der Waals surface area contributed by atoms with Gasteiger partial charge in [-0.2, -0.15) is 0 Å². The van der Waals surface area contributed by atoms with E-state index in [9.17, 15) is 9.59 Å². The third-order valence-electron chi connectivity index (χ3n) is 1.30. The molecule has 0 bridgehead atoms. The number of esters is 1. The number of hydrogen-bond acceptors (Lipinski definition) is 4. The van der Waals surface area contributed by atoms with Crippen molar-refractivity contribution in [3.63, 3.8) is 0 Å². The van der Waals surface area contributed by atoms with Crippen LogP contribution in [0.5, 0.6) is 0 Å². The molecule has 0 aromatic carbocycles. The fraction of sp³-hybridized carbons (Fsp3) is 0.200. The monoisotopic (exact) mass is 192 g/mol. The van der Waals surface area contributed by atoms with Crippen LogP contribution in [-0.4, -0.2) is 18.4 Å². The van der Waals surface area contributed by atoms with E-state index in [2.05, 4.69) is 16.6 Å². The summed E-state index contributed by atoms with van der Waals surface area (Å²) in [5.41, 5.74) is 0. The highest BCUT2D eigenvalue weighted by atomic mass is 16.5. The Bertz CT molecular complexity index is 378. The lowest BCUT2D eigenvalue weighted by Gasteiger charge is -1.90. The Kier molecular flexibility index (Phi) is 3.50. The van der Waals surface area contributed by atoms with Crippen LogP contribution in [0.2, 0.25) is 0 Å². The minimum atomic E-state index is -0.715. The van der Waals surface area contributed by atoms with Crippen LogP contribution in [0.3, 0.4) is 0 Å². The molecule has 1 aromatic rings. The van der Waals surface area contributed by atoms with Gasteiger partial charge in [-0.05, 0) is 25.0 Å². The predicted octanol–water partition coefficient (Wildman–Crippen LogP) is 1.03. The van der Waals surface area contributed by atoms with Crippen LogP contribution in [0.25, 0.3) is 0 Å². The van der Waals surface area contributed by atoms with Gasteiger partial charge in [0.05, 0.1) is 12.9 Å². The van der Waals surface area contributed by atoms with Crippen LogP contribution < -0.4 is 0 Å². The Hall–Kier alpha value is -2.02. The van der Waals surface area contributed by atoms with E-state index in [1.807, 2.05) is 0 Å². The van der Waals surface area contributed by atoms with Gasteiger partial charge in [0, 0.05) is 5.92 Å². The topological polar surface area (TPSA) is 56.5 Å². The van der Waals surface area contributed by atoms with E-state index in [1.54, 1.807) is 13.0 Å². The lowest BCUT2D eigenvalue weighted by atomic mass is 10.3. The van der Waals surface area contributed by atoms with Gasteiger partial charge in [-0.3, -0.25) is 4.79 Å². The van der Waals surface area contributed by atoms with Crippen molar-refractivity contribution < 1.29 is 18.7 Å². The molecule has 0 aliphatic carbocycles. The molecule has 14 heavy (non-hydrogen) atoms. The molecule has 0 atom stereocenters. The van der Waals surface area contributed by atoms with E-state index >= 15 is 0 Å². The highest BCUT2D eigenvalue weighted by Gasteiger charge is 2.04. The summed E-state index contributed by atoms with van der Waals surface area (Å²) in [6.45, 7) is 1.90. The molecule has 0 aliphatic rings. The number of rotatable bonds is 2. The molecule has 4 nitrogen and oxygen atoms in total. The SMILES string of the molecule is CCOC(=O)C#CC(=O)c1ccco1. The highest BCUT2D eigenvalue weighted by molar-refractivity contribution is 6.10. The molecule has 1 heterocycles. The van der Waals surface area contributed by atoms with Crippen LogP contribution in [0.4, 0.5) is 0 Å². The van der Waals surface area contributed by atoms with E-state index in [-0.39, 0.29) is 12.4 Å². The summed E-state index contributed by atoms with van der Waals surface area (Å²) in [5.74, 6) is 3.02. The van der Waals surface area contributed by atoms with Crippen LogP contribution in [0.15, 0.2) is 22.8 Å². The highest BCUT2D eigenvalue weighted by Crippen LogP contribution is 1.99. The van der Waals surface area contributed by atoms with Gasteiger partial charge >= 0.3 is 5.97 Å². The van der Waals surface area contributed by atoms with Crippen LogP contribution in [-0.2, 0) is 9.53 Å². The molecule has 72 valence electrons. The number of hydrogen-bond donors (Lipinski definition) is 0. The van der Waals surface area contributed by atoms with Gasteiger partial charge in [-0.1, -0.05) is 0 Å². The maximum Gasteiger partial charge on any atom is 0.384 e.